The highest BCUT2D eigenvalue weighted by Gasteiger charge is 2.30. The summed E-state index contributed by atoms with van der Waals surface area (Å²) in [5.41, 5.74) is 17.6. The number of phenols is 1. The van der Waals surface area contributed by atoms with E-state index in [2.05, 4.69) is 224 Å². The molecule has 0 spiro atoms. The van der Waals surface area contributed by atoms with Gasteiger partial charge < -0.3 is 5.11 Å². The number of phenolic OH excluding ortho intramolecular Hbond substituents is 1. The SMILES string of the molecule is [2H]C([2H])([2H])c1cc(C(C)(C)C)ccc1-c1ccc(-c2ccnc(-c3cc(-c4cccc5c4nc(-c4cc(C(C)(C)C)cc(C(C)(C)C)c4O)n5-c4ccc(C(C)(C)C)cc4-c4ccccc4)cc(C(C)(C)C)c3)c2)cc1. The molecule has 0 saturated heterocycles. The molecule has 0 bridgehead atoms. The Morgan fingerprint density at radius 3 is 1.66 bits per heavy atom. The number of para-hydroxylation sites is 1. The zero-order chi connectivity index (χ0) is 55.1. The molecule has 0 aliphatic carbocycles. The third kappa shape index (κ3) is 10.2. The number of aryl methyl sites for hydroxylation is 1. The fourth-order valence-corrected chi connectivity index (χ4v) is 9.85. The van der Waals surface area contributed by atoms with Crippen molar-refractivity contribution in [2.45, 2.75) is 138 Å². The van der Waals surface area contributed by atoms with Gasteiger partial charge in [-0.15, -0.1) is 0 Å². The first-order valence-electron chi connectivity index (χ1n) is 27.4. The van der Waals surface area contributed by atoms with Gasteiger partial charge in [0.25, 0.3) is 0 Å². The first-order valence-corrected chi connectivity index (χ1v) is 25.9. The second-order valence-corrected chi connectivity index (χ2v) is 25.3. The Morgan fingerprint density at radius 1 is 0.425 bits per heavy atom. The summed E-state index contributed by atoms with van der Waals surface area (Å²) < 4.78 is 27.5. The van der Waals surface area contributed by atoms with Gasteiger partial charge in [0.15, 0.2) is 0 Å². The first-order chi connectivity index (χ1) is 35.4. The number of benzene rings is 7. The maximum absolute atomic E-state index is 12.6. The molecule has 1 N–H and O–H groups in total. The first kappa shape index (κ1) is 47.0. The number of hydrogen-bond acceptors (Lipinski definition) is 3. The van der Waals surface area contributed by atoms with Crippen molar-refractivity contribution >= 4 is 11.0 Å². The van der Waals surface area contributed by atoms with Crippen LogP contribution in [0.3, 0.4) is 0 Å². The van der Waals surface area contributed by atoms with Crippen LogP contribution in [0, 0.1) is 6.85 Å². The summed E-state index contributed by atoms with van der Waals surface area (Å²) in [5.74, 6) is 0.903. The minimum atomic E-state index is -2.26. The van der Waals surface area contributed by atoms with Crippen molar-refractivity contribution in [2.24, 2.45) is 0 Å². The standard InChI is InChI=1S/C69H75N3O/c1-43-35-50(65(2,3)4)29-31-54(43)46-27-25-44(26-28-46)47-33-34-70-59(39-47)49-36-48(37-52(38-49)67(8,9)10)55-23-20-24-61-62(55)71-64(57-41-53(68(11,12)13)42-58(63(57)73)69(14,15)16)72(61)60-32-30-51(66(5,6)7)40-56(60)45-21-18-17-19-22-45/h17-42,73H,1-16H3/i1D3. The molecule has 9 aromatic rings. The molecule has 73 heavy (non-hydrogen) atoms. The number of aromatic nitrogens is 3. The smallest absolute Gasteiger partial charge is 0.149 e. The van der Waals surface area contributed by atoms with E-state index in [0.717, 1.165) is 89.2 Å². The highest BCUT2D eigenvalue weighted by Crippen LogP contribution is 2.46. The Balaban J connectivity index is 1.24. The molecule has 0 radical (unpaired) electrons. The van der Waals surface area contributed by atoms with Gasteiger partial charge in [0, 0.05) is 32.6 Å². The second kappa shape index (κ2) is 18.5. The fraction of sp³-hybridized carbons (Fsp3) is 0.304. The van der Waals surface area contributed by atoms with E-state index in [0.29, 0.717) is 22.5 Å². The quantitative estimate of drug-likeness (QED) is 0.173. The summed E-state index contributed by atoms with van der Waals surface area (Å²) in [5, 5.41) is 12.6. The molecule has 4 heteroatoms. The Hall–Kier alpha value is -7.04. The van der Waals surface area contributed by atoms with Crippen LogP contribution in [-0.4, -0.2) is 19.6 Å². The van der Waals surface area contributed by atoms with Crippen LogP contribution in [-0.2, 0) is 27.1 Å². The molecule has 9 rings (SSSR count). The van der Waals surface area contributed by atoms with E-state index < -0.39 is 6.85 Å². The van der Waals surface area contributed by atoms with Gasteiger partial charge in [0.05, 0.1) is 28.0 Å². The van der Waals surface area contributed by atoms with Crippen molar-refractivity contribution in [1.82, 2.24) is 14.5 Å². The topological polar surface area (TPSA) is 50.9 Å². The average Bonchev–Trinajstić information content (AvgIpc) is 3.74. The van der Waals surface area contributed by atoms with Gasteiger partial charge in [-0.1, -0.05) is 207 Å². The van der Waals surface area contributed by atoms with E-state index in [-0.39, 0.29) is 32.8 Å². The molecule has 7 aromatic carbocycles. The molecule has 0 amide bonds. The Bertz CT molecular complexity index is 3640. The number of rotatable bonds is 7. The van der Waals surface area contributed by atoms with Gasteiger partial charge in [0.1, 0.15) is 11.6 Å². The summed E-state index contributed by atoms with van der Waals surface area (Å²) in [6, 6.07) is 53.2. The number of hydrogen-bond donors (Lipinski definition) is 1. The summed E-state index contributed by atoms with van der Waals surface area (Å²) in [7, 11) is 0. The van der Waals surface area contributed by atoms with Gasteiger partial charge in [-0.25, -0.2) is 4.98 Å². The van der Waals surface area contributed by atoms with Crippen molar-refractivity contribution in [3.63, 3.8) is 0 Å². The molecule has 0 aliphatic rings. The fourth-order valence-electron chi connectivity index (χ4n) is 9.85. The summed E-state index contributed by atoms with van der Waals surface area (Å²) in [6.45, 7) is 30.7. The predicted octanol–water partition coefficient (Wildman–Crippen LogP) is 18.9. The van der Waals surface area contributed by atoms with Crippen LogP contribution in [0.15, 0.2) is 158 Å². The van der Waals surface area contributed by atoms with Crippen molar-refractivity contribution < 1.29 is 9.22 Å². The highest BCUT2D eigenvalue weighted by molar-refractivity contribution is 5.98. The third-order valence-corrected chi connectivity index (χ3v) is 14.5. The van der Waals surface area contributed by atoms with Crippen LogP contribution in [0.5, 0.6) is 5.75 Å². The monoisotopic (exact) mass is 965 g/mol. The second-order valence-electron chi connectivity index (χ2n) is 25.3. The zero-order valence-electron chi connectivity index (χ0n) is 48.8. The average molecular weight is 965 g/mol. The van der Waals surface area contributed by atoms with Crippen LogP contribution in [0.25, 0.3) is 83.9 Å². The molecule has 2 heterocycles. The number of aromatic hydroxyl groups is 1. The molecule has 372 valence electrons. The summed E-state index contributed by atoms with van der Waals surface area (Å²) in [6.07, 6.45) is 1.87. The van der Waals surface area contributed by atoms with E-state index >= 15 is 0 Å². The van der Waals surface area contributed by atoms with Gasteiger partial charge in [-0.05, 0) is 144 Å². The molecule has 2 aromatic heterocycles. The van der Waals surface area contributed by atoms with Gasteiger partial charge in [0.2, 0.25) is 0 Å². The largest absolute Gasteiger partial charge is 0.507 e. The van der Waals surface area contributed by atoms with Crippen LogP contribution in [0.2, 0.25) is 0 Å². The molecule has 0 saturated carbocycles. The van der Waals surface area contributed by atoms with Crippen molar-refractivity contribution in [3.8, 4) is 78.6 Å². The molecule has 0 unspecified atom stereocenters. The van der Waals surface area contributed by atoms with Crippen LogP contribution in [0.1, 0.15) is 141 Å². The van der Waals surface area contributed by atoms with Gasteiger partial charge in [-0.2, -0.15) is 0 Å². The lowest BCUT2D eigenvalue weighted by molar-refractivity contribution is 0.446. The zero-order valence-corrected chi connectivity index (χ0v) is 45.8. The van der Waals surface area contributed by atoms with E-state index in [1.165, 1.54) is 5.56 Å². The van der Waals surface area contributed by atoms with E-state index in [1.807, 2.05) is 42.6 Å². The lowest BCUT2D eigenvalue weighted by atomic mass is 9.79. The molecule has 0 atom stereocenters. The molecule has 0 fully saturated rings. The predicted molar refractivity (Wildman–Crippen MR) is 311 cm³/mol. The number of nitrogens with zero attached hydrogens (tertiary/aromatic N) is 3. The molecular formula is C69H75N3O. The van der Waals surface area contributed by atoms with Crippen LogP contribution in [0.4, 0.5) is 0 Å². The Morgan fingerprint density at radius 2 is 1.01 bits per heavy atom. The maximum atomic E-state index is 12.6. The number of fused-ring (bicyclic) bond motifs is 1. The normalized spacial score (nSPS) is 13.5. The van der Waals surface area contributed by atoms with Crippen molar-refractivity contribution in [3.05, 3.63) is 191 Å². The van der Waals surface area contributed by atoms with Crippen LogP contribution < -0.4 is 0 Å². The molecule has 4 nitrogen and oxygen atoms in total. The van der Waals surface area contributed by atoms with Gasteiger partial charge >= 0.3 is 0 Å². The lowest BCUT2D eigenvalue weighted by Crippen LogP contribution is -2.17. The summed E-state index contributed by atoms with van der Waals surface area (Å²) >= 11 is 0. The van der Waals surface area contributed by atoms with Crippen LogP contribution >= 0.6 is 0 Å². The molecule has 0 aliphatic heterocycles. The Labute approximate surface area is 440 Å². The van der Waals surface area contributed by atoms with Gasteiger partial charge in [-0.3, -0.25) is 9.55 Å². The van der Waals surface area contributed by atoms with Crippen molar-refractivity contribution in [2.75, 3.05) is 0 Å². The minimum Gasteiger partial charge on any atom is -0.507 e. The van der Waals surface area contributed by atoms with E-state index in [4.69, 9.17) is 14.1 Å². The highest BCUT2D eigenvalue weighted by atomic mass is 16.3. The van der Waals surface area contributed by atoms with E-state index in [1.54, 1.807) is 0 Å². The lowest BCUT2D eigenvalue weighted by Gasteiger charge is -2.28. The minimum absolute atomic E-state index is 0.0997. The Kier molecular flexibility index (Phi) is 11.9. The van der Waals surface area contributed by atoms with E-state index in [9.17, 15) is 5.11 Å². The third-order valence-electron chi connectivity index (χ3n) is 14.5. The number of imidazole rings is 1. The maximum Gasteiger partial charge on any atom is 0.149 e. The summed E-state index contributed by atoms with van der Waals surface area (Å²) in [4.78, 5) is 10.7. The van der Waals surface area contributed by atoms with Crippen molar-refractivity contribution in [1.29, 1.82) is 0 Å². The number of pyridine rings is 1. The molecular weight excluding hydrogens is 887 g/mol.